The summed E-state index contributed by atoms with van der Waals surface area (Å²) in [7, 11) is 0. The Labute approximate surface area is 115 Å². The van der Waals surface area contributed by atoms with Crippen molar-refractivity contribution in [3.8, 4) is 0 Å². The van der Waals surface area contributed by atoms with Gasteiger partial charge in [0.1, 0.15) is 0 Å². The van der Waals surface area contributed by atoms with Crippen molar-refractivity contribution in [2.75, 3.05) is 12.4 Å². The quantitative estimate of drug-likeness (QED) is 0.825. The molecule has 0 amide bonds. The van der Waals surface area contributed by atoms with Crippen LogP contribution in [0, 0.1) is 0 Å². The lowest BCUT2D eigenvalue weighted by Crippen LogP contribution is -2.32. The van der Waals surface area contributed by atoms with Crippen LogP contribution in [0.4, 0.5) is 0 Å². The van der Waals surface area contributed by atoms with Crippen LogP contribution in [0.15, 0.2) is 30.3 Å². The van der Waals surface area contributed by atoms with E-state index in [0.29, 0.717) is 12.0 Å². The molecule has 1 N–H and O–H groups in total. The molecule has 1 saturated heterocycles. The Morgan fingerprint density at radius 3 is 2.67 bits per heavy atom. The molecule has 3 heteroatoms. The summed E-state index contributed by atoms with van der Waals surface area (Å²) in [5.74, 6) is 0.583. The summed E-state index contributed by atoms with van der Waals surface area (Å²) in [4.78, 5) is 0. The summed E-state index contributed by atoms with van der Waals surface area (Å²) in [6.07, 6.45) is 2.58. The largest absolute Gasteiger partial charge is 0.371 e. The van der Waals surface area contributed by atoms with Crippen LogP contribution in [-0.2, 0) is 4.74 Å². The van der Waals surface area contributed by atoms with E-state index in [-0.39, 0.29) is 11.6 Å². The summed E-state index contributed by atoms with van der Waals surface area (Å²) in [5.41, 5.74) is 1.28. The van der Waals surface area contributed by atoms with Crippen LogP contribution in [-0.4, -0.2) is 24.1 Å². The maximum atomic E-state index is 6.04. The molecule has 0 spiro atoms. The van der Waals surface area contributed by atoms with E-state index in [2.05, 4.69) is 31.3 Å². The highest BCUT2D eigenvalue weighted by Gasteiger charge is 2.31. The van der Waals surface area contributed by atoms with Gasteiger partial charge < -0.3 is 10.1 Å². The maximum Gasteiger partial charge on any atom is 0.0708 e. The molecule has 2 unspecified atom stereocenters. The second kappa shape index (κ2) is 6.05. The molecule has 0 aliphatic carbocycles. The first-order valence-corrected chi connectivity index (χ1v) is 7.16. The van der Waals surface area contributed by atoms with Crippen molar-refractivity contribution in [2.24, 2.45) is 0 Å². The molecule has 0 bridgehead atoms. The molecule has 18 heavy (non-hydrogen) atoms. The maximum absolute atomic E-state index is 6.04. The van der Waals surface area contributed by atoms with Crippen LogP contribution in [0.2, 0.25) is 0 Å². The van der Waals surface area contributed by atoms with Gasteiger partial charge in [0.05, 0.1) is 11.7 Å². The highest BCUT2D eigenvalue weighted by molar-refractivity contribution is 6.18. The standard InChI is InChI=1S/C15H22ClNO/c1-15(2)9-8-13(18-15)11-17-14(10-16)12-6-4-3-5-7-12/h3-7,13-14,17H,8-11H2,1-2H3. The minimum Gasteiger partial charge on any atom is -0.371 e. The molecule has 1 aromatic rings. The molecule has 0 radical (unpaired) electrons. The van der Waals surface area contributed by atoms with Gasteiger partial charge >= 0.3 is 0 Å². The summed E-state index contributed by atoms with van der Waals surface area (Å²) >= 11 is 6.04. The predicted octanol–water partition coefficient (Wildman–Crippen LogP) is 3.51. The molecule has 2 rings (SSSR count). The van der Waals surface area contributed by atoms with Crippen molar-refractivity contribution < 1.29 is 4.74 Å². The van der Waals surface area contributed by atoms with Crippen LogP contribution in [0.25, 0.3) is 0 Å². The number of alkyl halides is 1. The monoisotopic (exact) mass is 267 g/mol. The number of hydrogen-bond donors (Lipinski definition) is 1. The smallest absolute Gasteiger partial charge is 0.0708 e. The van der Waals surface area contributed by atoms with E-state index in [0.717, 1.165) is 19.4 Å². The van der Waals surface area contributed by atoms with Gasteiger partial charge in [-0.3, -0.25) is 0 Å². The van der Waals surface area contributed by atoms with Crippen molar-refractivity contribution in [3.05, 3.63) is 35.9 Å². The average molecular weight is 268 g/mol. The van der Waals surface area contributed by atoms with Crippen molar-refractivity contribution in [3.63, 3.8) is 0 Å². The van der Waals surface area contributed by atoms with Gasteiger partial charge in [0.15, 0.2) is 0 Å². The van der Waals surface area contributed by atoms with Gasteiger partial charge in [-0.15, -0.1) is 11.6 Å². The zero-order valence-electron chi connectivity index (χ0n) is 11.2. The number of rotatable bonds is 5. The van der Waals surface area contributed by atoms with E-state index in [1.807, 2.05) is 18.2 Å². The summed E-state index contributed by atoms with van der Waals surface area (Å²) in [5, 5.41) is 3.51. The van der Waals surface area contributed by atoms with Crippen molar-refractivity contribution in [1.29, 1.82) is 0 Å². The van der Waals surface area contributed by atoms with E-state index < -0.39 is 0 Å². The fourth-order valence-electron chi connectivity index (χ4n) is 2.44. The van der Waals surface area contributed by atoms with Crippen LogP contribution < -0.4 is 5.32 Å². The lowest BCUT2D eigenvalue weighted by atomic mass is 10.1. The summed E-state index contributed by atoms with van der Waals surface area (Å²) in [6, 6.07) is 10.5. The number of ether oxygens (including phenoxy) is 1. The number of halogens is 1. The van der Waals surface area contributed by atoms with Gasteiger partial charge in [0, 0.05) is 18.5 Å². The summed E-state index contributed by atoms with van der Waals surface area (Å²) in [6.45, 7) is 5.18. The van der Waals surface area contributed by atoms with Gasteiger partial charge in [-0.05, 0) is 32.3 Å². The van der Waals surface area contributed by atoms with Gasteiger partial charge in [-0.2, -0.15) is 0 Å². The molecular weight excluding hydrogens is 246 g/mol. The molecule has 1 aliphatic rings. The van der Waals surface area contributed by atoms with Gasteiger partial charge in [-0.25, -0.2) is 0 Å². The zero-order chi connectivity index (χ0) is 13.0. The molecular formula is C15H22ClNO. The first-order chi connectivity index (χ1) is 8.61. The van der Waals surface area contributed by atoms with E-state index in [9.17, 15) is 0 Å². The topological polar surface area (TPSA) is 21.3 Å². The SMILES string of the molecule is CC1(C)CCC(CNC(CCl)c2ccccc2)O1. The molecule has 0 aromatic heterocycles. The number of hydrogen-bond acceptors (Lipinski definition) is 2. The minimum atomic E-state index is 0.0373. The second-order valence-corrected chi connectivity index (χ2v) is 5.87. The second-order valence-electron chi connectivity index (χ2n) is 5.56. The van der Waals surface area contributed by atoms with Gasteiger partial charge in [0.25, 0.3) is 0 Å². The molecule has 1 aromatic carbocycles. The third-order valence-electron chi connectivity index (χ3n) is 3.50. The fourth-order valence-corrected chi connectivity index (χ4v) is 2.73. The van der Waals surface area contributed by atoms with Gasteiger partial charge in [0.2, 0.25) is 0 Å². The Morgan fingerprint density at radius 2 is 2.11 bits per heavy atom. The lowest BCUT2D eigenvalue weighted by Gasteiger charge is -2.22. The predicted molar refractivity (Wildman–Crippen MR) is 76.1 cm³/mol. The highest BCUT2D eigenvalue weighted by Crippen LogP contribution is 2.29. The van der Waals surface area contributed by atoms with E-state index in [1.54, 1.807) is 0 Å². The third-order valence-corrected chi connectivity index (χ3v) is 3.81. The molecule has 100 valence electrons. The molecule has 1 aliphatic heterocycles. The van der Waals surface area contributed by atoms with E-state index in [1.165, 1.54) is 5.56 Å². The number of nitrogens with one attached hydrogen (secondary N) is 1. The van der Waals surface area contributed by atoms with Crippen molar-refractivity contribution in [1.82, 2.24) is 5.32 Å². The molecule has 1 fully saturated rings. The van der Waals surface area contributed by atoms with Crippen LogP contribution >= 0.6 is 11.6 Å². The molecule has 2 atom stereocenters. The lowest BCUT2D eigenvalue weighted by molar-refractivity contribution is -0.0149. The fraction of sp³-hybridized carbons (Fsp3) is 0.600. The van der Waals surface area contributed by atoms with Crippen molar-refractivity contribution in [2.45, 2.75) is 44.4 Å². The average Bonchev–Trinajstić information content (AvgIpc) is 2.71. The Hall–Kier alpha value is -0.570. The Bertz CT molecular complexity index is 366. The van der Waals surface area contributed by atoms with Crippen LogP contribution in [0.1, 0.15) is 38.3 Å². The summed E-state index contributed by atoms with van der Waals surface area (Å²) < 4.78 is 5.97. The Morgan fingerprint density at radius 1 is 1.39 bits per heavy atom. The Balaban J connectivity index is 1.85. The van der Waals surface area contributed by atoms with Gasteiger partial charge in [-0.1, -0.05) is 30.3 Å². The van der Waals surface area contributed by atoms with E-state index >= 15 is 0 Å². The highest BCUT2D eigenvalue weighted by atomic mass is 35.5. The first kappa shape index (κ1) is 13.9. The first-order valence-electron chi connectivity index (χ1n) is 6.63. The molecule has 0 saturated carbocycles. The zero-order valence-corrected chi connectivity index (χ0v) is 11.9. The van der Waals surface area contributed by atoms with Crippen LogP contribution in [0.3, 0.4) is 0 Å². The third kappa shape index (κ3) is 3.71. The Kier molecular flexibility index (Phi) is 4.66. The normalized spacial score (nSPS) is 24.1. The molecule has 2 nitrogen and oxygen atoms in total. The molecule has 1 heterocycles. The number of benzene rings is 1. The van der Waals surface area contributed by atoms with Crippen LogP contribution in [0.5, 0.6) is 0 Å². The van der Waals surface area contributed by atoms with Crippen molar-refractivity contribution >= 4 is 11.6 Å². The minimum absolute atomic E-state index is 0.0373. The van der Waals surface area contributed by atoms with E-state index in [4.69, 9.17) is 16.3 Å².